The number of likely N-dealkylation sites (tertiary alicyclic amines) is 1. The Bertz CT molecular complexity index is 583. The molecule has 1 atom stereocenters. The molecule has 1 unspecified atom stereocenters. The Hall–Kier alpha value is -1.31. The van der Waals surface area contributed by atoms with Crippen LogP contribution in [0.1, 0.15) is 26.2 Å². The maximum Gasteiger partial charge on any atom is 0.238 e. The van der Waals surface area contributed by atoms with Crippen molar-refractivity contribution in [3.63, 3.8) is 0 Å². The van der Waals surface area contributed by atoms with E-state index in [1.54, 1.807) is 6.07 Å². The van der Waals surface area contributed by atoms with Gasteiger partial charge in [0.1, 0.15) is 0 Å². The fraction of sp³-hybridized carbons (Fsp3) is 0.571. The highest BCUT2D eigenvalue weighted by molar-refractivity contribution is 7.89. The summed E-state index contributed by atoms with van der Waals surface area (Å²) in [5.41, 5.74) is 6.80. The molecule has 5 N–H and O–H groups in total. The summed E-state index contributed by atoms with van der Waals surface area (Å²) >= 11 is 0. The molecular formula is C14H24N4O2S. The standard InChI is InChI=1S/C14H24N4O2S/c1-11(18-5-3-2-4-6-18)10-17-13-7-12(15)8-14(9-13)21(16,19)20/h7-9,11,17H,2-6,10,15H2,1H3,(H2,16,19,20). The second-order valence-electron chi connectivity index (χ2n) is 5.66. The molecule has 0 saturated carbocycles. The third-order valence-corrected chi connectivity index (χ3v) is 4.77. The number of nitrogens with two attached hydrogens (primary N) is 2. The van der Waals surface area contributed by atoms with Crippen molar-refractivity contribution < 1.29 is 8.42 Å². The summed E-state index contributed by atoms with van der Waals surface area (Å²) in [6, 6.07) is 5.01. The topological polar surface area (TPSA) is 101 Å². The Labute approximate surface area is 126 Å². The smallest absolute Gasteiger partial charge is 0.238 e. The quantitative estimate of drug-likeness (QED) is 0.709. The molecule has 1 aliphatic heterocycles. The lowest BCUT2D eigenvalue weighted by Crippen LogP contribution is -2.41. The molecule has 1 fully saturated rings. The average Bonchev–Trinajstić information content (AvgIpc) is 2.44. The maximum absolute atomic E-state index is 11.4. The number of anilines is 2. The van der Waals surface area contributed by atoms with Crippen molar-refractivity contribution in [1.29, 1.82) is 0 Å². The van der Waals surface area contributed by atoms with E-state index in [1.807, 2.05) is 0 Å². The van der Waals surface area contributed by atoms with Crippen molar-refractivity contribution in [2.24, 2.45) is 5.14 Å². The van der Waals surface area contributed by atoms with Crippen LogP contribution in [0.3, 0.4) is 0 Å². The van der Waals surface area contributed by atoms with Crippen LogP contribution in [0.5, 0.6) is 0 Å². The van der Waals surface area contributed by atoms with Gasteiger partial charge < -0.3 is 11.1 Å². The summed E-state index contributed by atoms with van der Waals surface area (Å²) in [5.74, 6) is 0. The van der Waals surface area contributed by atoms with E-state index in [-0.39, 0.29) is 4.90 Å². The van der Waals surface area contributed by atoms with Gasteiger partial charge in [-0.25, -0.2) is 13.6 Å². The van der Waals surface area contributed by atoms with Gasteiger partial charge in [-0.3, -0.25) is 4.90 Å². The van der Waals surface area contributed by atoms with Crippen molar-refractivity contribution in [1.82, 2.24) is 4.90 Å². The third kappa shape index (κ3) is 4.59. The van der Waals surface area contributed by atoms with Gasteiger partial charge in [-0.15, -0.1) is 0 Å². The molecule has 2 rings (SSSR count). The predicted molar refractivity (Wildman–Crippen MR) is 85.6 cm³/mol. The van der Waals surface area contributed by atoms with Crippen LogP contribution >= 0.6 is 0 Å². The van der Waals surface area contributed by atoms with Gasteiger partial charge in [-0.1, -0.05) is 6.42 Å². The van der Waals surface area contributed by atoms with Gasteiger partial charge in [0.2, 0.25) is 10.0 Å². The van der Waals surface area contributed by atoms with Crippen molar-refractivity contribution >= 4 is 21.4 Å². The number of nitrogens with zero attached hydrogens (tertiary/aromatic N) is 1. The lowest BCUT2D eigenvalue weighted by Gasteiger charge is -2.32. The molecule has 21 heavy (non-hydrogen) atoms. The van der Waals surface area contributed by atoms with Crippen LogP contribution in [-0.2, 0) is 10.0 Å². The van der Waals surface area contributed by atoms with Gasteiger partial charge in [-0.05, 0) is 51.1 Å². The summed E-state index contributed by atoms with van der Waals surface area (Å²) in [6.07, 6.45) is 3.81. The number of benzene rings is 1. The summed E-state index contributed by atoms with van der Waals surface area (Å²) in [6.45, 7) is 5.17. The first-order valence-corrected chi connectivity index (χ1v) is 8.82. The highest BCUT2D eigenvalue weighted by atomic mass is 32.2. The van der Waals surface area contributed by atoms with Crippen LogP contribution in [-0.4, -0.2) is 39.0 Å². The molecular weight excluding hydrogens is 288 g/mol. The molecule has 0 spiro atoms. The molecule has 1 aromatic carbocycles. The Balaban J connectivity index is 2.01. The maximum atomic E-state index is 11.4. The third-order valence-electron chi connectivity index (χ3n) is 3.87. The van der Waals surface area contributed by atoms with Crippen LogP contribution in [0.4, 0.5) is 11.4 Å². The molecule has 1 heterocycles. The largest absolute Gasteiger partial charge is 0.399 e. The fourth-order valence-electron chi connectivity index (χ4n) is 2.64. The molecule has 1 saturated heterocycles. The number of rotatable bonds is 5. The molecule has 7 heteroatoms. The summed E-state index contributed by atoms with van der Waals surface area (Å²) in [4.78, 5) is 2.49. The first-order valence-electron chi connectivity index (χ1n) is 7.27. The van der Waals surface area contributed by atoms with Gasteiger partial charge in [-0.2, -0.15) is 0 Å². The van der Waals surface area contributed by atoms with Gasteiger partial charge in [0, 0.05) is 24.0 Å². The van der Waals surface area contributed by atoms with E-state index >= 15 is 0 Å². The van der Waals surface area contributed by atoms with Gasteiger partial charge in [0.25, 0.3) is 0 Å². The zero-order valence-corrected chi connectivity index (χ0v) is 13.2. The number of sulfonamides is 1. The van der Waals surface area contributed by atoms with E-state index in [1.165, 1.54) is 31.4 Å². The molecule has 6 nitrogen and oxygen atoms in total. The van der Waals surface area contributed by atoms with Gasteiger partial charge >= 0.3 is 0 Å². The molecule has 0 aromatic heterocycles. The van der Waals surface area contributed by atoms with Crippen molar-refractivity contribution in [3.8, 4) is 0 Å². The summed E-state index contributed by atoms with van der Waals surface area (Å²) in [5, 5.41) is 8.40. The first-order chi connectivity index (χ1) is 9.86. The SMILES string of the molecule is CC(CNc1cc(N)cc(S(N)(=O)=O)c1)N1CCCCC1. The van der Waals surface area contributed by atoms with E-state index in [0.717, 1.165) is 19.6 Å². The molecule has 118 valence electrons. The first kappa shape index (κ1) is 16.1. The van der Waals surface area contributed by atoms with Crippen molar-refractivity contribution in [2.75, 3.05) is 30.7 Å². The minimum atomic E-state index is -3.74. The number of nitrogens with one attached hydrogen (secondary N) is 1. The van der Waals surface area contributed by atoms with Crippen LogP contribution in [0.25, 0.3) is 0 Å². The van der Waals surface area contributed by atoms with E-state index in [0.29, 0.717) is 17.4 Å². The van der Waals surface area contributed by atoms with Gasteiger partial charge in [0.05, 0.1) is 4.90 Å². The summed E-state index contributed by atoms with van der Waals surface area (Å²) in [7, 11) is -3.74. The van der Waals surface area contributed by atoms with Crippen LogP contribution in [0, 0.1) is 0 Å². The fourth-order valence-corrected chi connectivity index (χ4v) is 3.23. The molecule has 0 amide bonds. The van der Waals surface area contributed by atoms with E-state index in [9.17, 15) is 8.42 Å². The molecule has 1 aromatic rings. The van der Waals surface area contributed by atoms with E-state index < -0.39 is 10.0 Å². The number of hydrogen-bond donors (Lipinski definition) is 3. The van der Waals surface area contributed by atoms with Crippen molar-refractivity contribution in [3.05, 3.63) is 18.2 Å². The van der Waals surface area contributed by atoms with Crippen LogP contribution < -0.4 is 16.2 Å². The molecule has 0 bridgehead atoms. The van der Waals surface area contributed by atoms with Crippen molar-refractivity contribution in [2.45, 2.75) is 37.1 Å². The average molecular weight is 312 g/mol. The molecule has 1 aliphatic rings. The Kier molecular flexibility index (Phi) is 5.08. The number of primary sulfonamides is 1. The second-order valence-corrected chi connectivity index (χ2v) is 7.22. The molecule has 0 radical (unpaired) electrons. The van der Waals surface area contributed by atoms with Crippen LogP contribution in [0.2, 0.25) is 0 Å². The lowest BCUT2D eigenvalue weighted by molar-refractivity contribution is 0.180. The summed E-state index contributed by atoms with van der Waals surface area (Å²) < 4.78 is 22.8. The zero-order chi connectivity index (χ0) is 15.5. The zero-order valence-electron chi connectivity index (χ0n) is 12.4. The second kappa shape index (κ2) is 6.64. The highest BCUT2D eigenvalue weighted by Gasteiger charge is 2.16. The monoisotopic (exact) mass is 312 g/mol. The van der Waals surface area contributed by atoms with E-state index in [4.69, 9.17) is 10.9 Å². The highest BCUT2D eigenvalue weighted by Crippen LogP contribution is 2.20. The Morgan fingerprint density at radius 1 is 1.24 bits per heavy atom. The Morgan fingerprint density at radius 2 is 1.90 bits per heavy atom. The Morgan fingerprint density at radius 3 is 2.52 bits per heavy atom. The minimum Gasteiger partial charge on any atom is -0.399 e. The number of piperidine rings is 1. The molecule has 0 aliphatic carbocycles. The predicted octanol–water partition coefficient (Wildman–Crippen LogP) is 1.20. The minimum absolute atomic E-state index is 0.0376. The van der Waals surface area contributed by atoms with Crippen LogP contribution in [0.15, 0.2) is 23.1 Å². The number of hydrogen-bond acceptors (Lipinski definition) is 5. The van der Waals surface area contributed by atoms with Gasteiger partial charge in [0.15, 0.2) is 0 Å². The number of nitrogen functional groups attached to an aromatic ring is 1. The normalized spacial score (nSPS) is 18.4. The van der Waals surface area contributed by atoms with E-state index in [2.05, 4.69) is 17.1 Å². The lowest BCUT2D eigenvalue weighted by atomic mass is 10.1.